The Balaban J connectivity index is 3.34. The number of hydrogen-bond donors (Lipinski definition) is 1. The van der Waals surface area contributed by atoms with Crippen LogP contribution in [-0.2, 0) is 4.74 Å². The van der Waals surface area contributed by atoms with Crippen LogP contribution in [0.15, 0.2) is 40.0 Å². The lowest BCUT2D eigenvalue weighted by Crippen LogP contribution is -2.30. The van der Waals surface area contributed by atoms with E-state index in [0.29, 0.717) is 11.6 Å². The van der Waals surface area contributed by atoms with Gasteiger partial charge in [-0.2, -0.15) is 0 Å². The van der Waals surface area contributed by atoms with E-state index in [4.69, 9.17) is 10.5 Å². The van der Waals surface area contributed by atoms with Gasteiger partial charge in [0.15, 0.2) is 11.6 Å². The Morgan fingerprint density at radius 3 is 2.88 bits per heavy atom. The van der Waals surface area contributed by atoms with Gasteiger partial charge < -0.3 is 10.5 Å². The lowest BCUT2D eigenvalue weighted by molar-refractivity contribution is 0.311. The summed E-state index contributed by atoms with van der Waals surface area (Å²) < 4.78 is 6.60. The van der Waals surface area contributed by atoms with E-state index in [2.05, 4.69) is 4.99 Å². The molecule has 0 aliphatic rings. The third-order valence-corrected chi connectivity index (χ3v) is 2.25. The normalized spacial score (nSPS) is 12.6. The molecule has 1 rings (SSSR count). The molecular weight excluding hydrogens is 218 g/mol. The predicted octanol–water partition coefficient (Wildman–Crippen LogP) is 1.25. The molecule has 0 fully saturated rings. The van der Waals surface area contributed by atoms with Crippen molar-refractivity contribution in [2.45, 2.75) is 13.3 Å². The quantitative estimate of drug-likeness (QED) is 0.487. The Kier molecular flexibility index (Phi) is 4.51. The van der Waals surface area contributed by atoms with Crippen molar-refractivity contribution >= 4 is 11.5 Å². The van der Waals surface area contributed by atoms with Crippen molar-refractivity contribution < 1.29 is 4.74 Å². The summed E-state index contributed by atoms with van der Waals surface area (Å²) in [7, 11) is 3.15. The van der Waals surface area contributed by atoms with E-state index in [-0.39, 0.29) is 11.2 Å². The predicted molar refractivity (Wildman–Crippen MR) is 69.3 cm³/mol. The van der Waals surface area contributed by atoms with Crippen molar-refractivity contribution in [3.63, 3.8) is 0 Å². The topological polar surface area (TPSA) is 69.6 Å². The van der Waals surface area contributed by atoms with Gasteiger partial charge in [-0.05, 0) is 24.6 Å². The summed E-state index contributed by atoms with van der Waals surface area (Å²) in [6.45, 7) is 1.98. The number of nitrogen functional groups attached to an aromatic ring is 1. The zero-order valence-corrected chi connectivity index (χ0v) is 10.3. The molecule has 5 nitrogen and oxygen atoms in total. The number of nitrogens with two attached hydrogens (primary N) is 1. The molecule has 1 heterocycles. The van der Waals surface area contributed by atoms with Crippen LogP contribution in [0.5, 0.6) is 0 Å². The standard InChI is InChI=1S/C12H17N3O2/c1-4-6-10(17-3)11(14-2)15-8-5-7-9(13)12(15)16/h5-8H,4,13H2,1-3H3/b10-6+,14-11?. The van der Waals surface area contributed by atoms with E-state index in [1.165, 1.54) is 4.57 Å². The van der Waals surface area contributed by atoms with Crippen LogP contribution >= 0.6 is 0 Å². The molecule has 0 radical (unpaired) electrons. The van der Waals surface area contributed by atoms with Crippen LogP contribution in [0.25, 0.3) is 0 Å². The molecule has 0 spiro atoms. The summed E-state index contributed by atoms with van der Waals surface area (Å²) >= 11 is 0. The molecule has 17 heavy (non-hydrogen) atoms. The molecule has 0 bridgehead atoms. The second-order valence-corrected chi connectivity index (χ2v) is 3.37. The monoisotopic (exact) mass is 235 g/mol. The molecule has 0 amide bonds. The van der Waals surface area contributed by atoms with Crippen LogP contribution in [0.4, 0.5) is 5.69 Å². The van der Waals surface area contributed by atoms with Gasteiger partial charge in [0.25, 0.3) is 5.56 Å². The molecule has 0 aliphatic carbocycles. The average molecular weight is 235 g/mol. The fourth-order valence-electron chi connectivity index (χ4n) is 1.47. The highest BCUT2D eigenvalue weighted by molar-refractivity contribution is 5.98. The molecule has 92 valence electrons. The molecule has 0 atom stereocenters. The minimum Gasteiger partial charge on any atom is -0.493 e. The highest BCUT2D eigenvalue weighted by Gasteiger charge is 2.11. The number of anilines is 1. The fraction of sp³-hybridized carbons (Fsp3) is 0.333. The van der Waals surface area contributed by atoms with Crippen molar-refractivity contribution in [2.75, 3.05) is 19.9 Å². The minimum absolute atomic E-state index is 0.181. The number of aliphatic imine (C=N–C) groups is 1. The maximum atomic E-state index is 11.9. The van der Waals surface area contributed by atoms with Gasteiger partial charge in [0.2, 0.25) is 0 Å². The molecule has 0 unspecified atom stereocenters. The molecule has 5 heteroatoms. The first-order valence-electron chi connectivity index (χ1n) is 5.34. The highest BCUT2D eigenvalue weighted by atomic mass is 16.5. The van der Waals surface area contributed by atoms with Crippen molar-refractivity contribution in [1.29, 1.82) is 0 Å². The molecule has 1 aromatic rings. The van der Waals surface area contributed by atoms with Gasteiger partial charge in [-0.25, -0.2) is 0 Å². The van der Waals surface area contributed by atoms with Gasteiger partial charge in [0.05, 0.1) is 12.8 Å². The number of nitrogens with zero attached hydrogens (tertiary/aromatic N) is 2. The first-order chi connectivity index (χ1) is 8.15. The zero-order valence-electron chi connectivity index (χ0n) is 10.3. The third kappa shape index (κ3) is 2.75. The Bertz CT molecular complexity index is 501. The Labute approximate surface area is 100 Å². The van der Waals surface area contributed by atoms with Gasteiger partial charge in [-0.1, -0.05) is 6.92 Å². The Morgan fingerprint density at radius 2 is 2.35 bits per heavy atom. The van der Waals surface area contributed by atoms with E-state index in [1.54, 1.807) is 32.5 Å². The molecule has 0 aliphatic heterocycles. The summed E-state index contributed by atoms with van der Waals surface area (Å²) in [5, 5.41) is 0. The number of aromatic nitrogens is 1. The number of ether oxygens (including phenoxy) is 1. The fourth-order valence-corrected chi connectivity index (χ4v) is 1.47. The first kappa shape index (κ1) is 13.0. The van der Waals surface area contributed by atoms with Crippen molar-refractivity contribution in [1.82, 2.24) is 4.57 Å². The van der Waals surface area contributed by atoms with E-state index in [0.717, 1.165) is 6.42 Å². The largest absolute Gasteiger partial charge is 0.493 e. The van der Waals surface area contributed by atoms with E-state index >= 15 is 0 Å². The lowest BCUT2D eigenvalue weighted by Gasteiger charge is -2.12. The summed E-state index contributed by atoms with van der Waals surface area (Å²) in [6.07, 6.45) is 4.26. The smallest absolute Gasteiger partial charge is 0.279 e. The second-order valence-electron chi connectivity index (χ2n) is 3.37. The number of hydrogen-bond acceptors (Lipinski definition) is 4. The first-order valence-corrected chi connectivity index (χ1v) is 5.34. The molecular formula is C12H17N3O2. The number of methoxy groups -OCH3 is 1. The van der Waals surface area contributed by atoms with Crippen LogP contribution in [-0.4, -0.2) is 24.6 Å². The SMILES string of the molecule is CC/C=C(/OC)C(=NC)n1cccc(N)c1=O. The van der Waals surface area contributed by atoms with E-state index in [9.17, 15) is 4.79 Å². The van der Waals surface area contributed by atoms with Gasteiger partial charge in [-0.3, -0.25) is 14.4 Å². The van der Waals surface area contributed by atoms with Gasteiger partial charge in [0.1, 0.15) is 0 Å². The molecule has 1 aromatic heterocycles. The minimum atomic E-state index is -0.299. The summed E-state index contributed by atoms with van der Waals surface area (Å²) in [6, 6.07) is 3.25. The van der Waals surface area contributed by atoms with Crippen molar-refractivity contribution in [3.05, 3.63) is 40.5 Å². The van der Waals surface area contributed by atoms with Crippen LogP contribution in [0.1, 0.15) is 13.3 Å². The number of allylic oxidation sites excluding steroid dienone is 2. The van der Waals surface area contributed by atoms with E-state index in [1.807, 2.05) is 13.0 Å². The van der Waals surface area contributed by atoms with Crippen LogP contribution in [0, 0.1) is 0 Å². The molecule has 0 saturated heterocycles. The molecule has 0 aromatic carbocycles. The number of rotatable bonds is 3. The average Bonchev–Trinajstić information content (AvgIpc) is 2.34. The Hall–Kier alpha value is -2.04. The van der Waals surface area contributed by atoms with Crippen LogP contribution in [0.2, 0.25) is 0 Å². The molecule has 2 N–H and O–H groups in total. The van der Waals surface area contributed by atoms with Gasteiger partial charge >= 0.3 is 0 Å². The van der Waals surface area contributed by atoms with E-state index < -0.39 is 0 Å². The maximum absolute atomic E-state index is 11.9. The summed E-state index contributed by atoms with van der Waals surface area (Å²) in [5.41, 5.74) is 5.46. The van der Waals surface area contributed by atoms with Gasteiger partial charge in [-0.15, -0.1) is 0 Å². The van der Waals surface area contributed by atoms with Crippen molar-refractivity contribution in [2.24, 2.45) is 4.99 Å². The van der Waals surface area contributed by atoms with Crippen LogP contribution < -0.4 is 11.3 Å². The maximum Gasteiger partial charge on any atom is 0.279 e. The Morgan fingerprint density at radius 1 is 1.65 bits per heavy atom. The highest BCUT2D eigenvalue weighted by Crippen LogP contribution is 2.04. The van der Waals surface area contributed by atoms with Crippen molar-refractivity contribution in [3.8, 4) is 0 Å². The summed E-state index contributed by atoms with van der Waals surface area (Å²) in [4.78, 5) is 15.9. The lowest BCUT2D eigenvalue weighted by atomic mass is 10.3. The zero-order chi connectivity index (χ0) is 12.8. The number of pyridine rings is 1. The van der Waals surface area contributed by atoms with Crippen LogP contribution in [0.3, 0.4) is 0 Å². The summed E-state index contributed by atoms with van der Waals surface area (Å²) in [5.74, 6) is 1.01. The second kappa shape index (κ2) is 5.89. The molecule has 0 saturated carbocycles. The van der Waals surface area contributed by atoms with Gasteiger partial charge in [0, 0.05) is 13.2 Å². The third-order valence-electron chi connectivity index (χ3n) is 2.25.